The van der Waals surface area contributed by atoms with Crippen LogP contribution in [0.3, 0.4) is 0 Å². The zero-order valence-electron chi connectivity index (χ0n) is 13.4. The summed E-state index contributed by atoms with van der Waals surface area (Å²) in [5, 5.41) is 0. The van der Waals surface area contributed by atoms with Crippen molar-refractivity contribution in [1.29, 1.82) is 0 Å². The number of fused-ring (bicyclic) bond motifs is 1. The highest BCUT2D eigenvalue weighted by atomic mass is 16.4. The maximum Gasteiger partial charge on any atom is 0.291 e. The molecule has 24 heavy (non-hydrogen) atoms. The number of oxazole rings is 2. The summed E-state index contributed by atoms with van der Waals surface area (Å²) in [6.07, 6.45) is 2.62. The number of nitrogens with zero attached hydrogens (tertiary/aromatic N) is 3. The van der Waals surface area contributed by atoms with Gasteiger partial charge in [0.15, 0.2) is 12.3 Å². The Labute approximate surface area is 139 Å². The van der Waals surface area contributed by atoms with Crippen LogP contribution in [-0.4, -0.2) is 27.3 Å². The highest BCUT2D eigenvalue weighted by Gasteiger charge is 2.28. The number of aryl methyl sites for hydroxylation is 1. The predicted octanol–water partition coefficient (Wildman–Crippen LogP) is 2.76. The largest absolute Gasteiger partial charge is 0.445 e. The minimum absolute atomic E-state index is 0.150. The van der Waals surface area contributed by atoms with Crippen molar-refractivity contribution < 1.29 is 13.6 Å². The second kappa shape index (κ2) is 5.96. The lowest BCUT2D eigenvalue weighted by molar-refractivity contribution is 0.0694. The van der Waals surface area contributed by atoms with Gasteiger partial charge in [-0.1, -0.05) is 30.3 Å². The fourth-order valence-electron chi connectivity index (χ4n) is 2.92. The van der Waals surface area contributed by atoms with Crippen LogP contribution in [0.2, 0.25) is 0 Å². The molecule has 1 amide bonds. The van der Waals surface area contributed by atoms with Crippen LogP contribution in [-0.2, 0) is 19.4 Å². The van der Waals surface area contributed by atoms with Crippen LogP contribution in [0.25, 0.3) is 0 Å². The lowest BCUT2D eigenvalue weighted by Crippen LogP contribution is -2.36. The van der Waals surface area contributed by atoms with Gasteiger partial charge in [0.1, 0.15) is 11.5 Å². The first-order valence-electron chi connectivity index (χ1n) is 7.91. The van der Waals surface area contributed by atoms with Crippen molar-refractivity contribution in [3.05, 3.63) is 71.1 Å². The number of hydrogen-bond acceptors (Lipinski definition) is 5. The van der Waals surface area contributed by atoms with E-state index in [0.29, 0.717) is 43.3 Å². The van der Waals surface area contributed by atoms with Gasteiger partial charge in [0.25, 0.3) is 5.91 Å². The minimum Gasteiger partial charge on any atom is -0.445 e. The average Bonchev–Trinajstić information content (AvgIpc) is 3.19. The first kappa shape index (κ1) is 14.7. The molecule has 6 heteroatoms. The van der Waals surface area contributed by atoms with Gasteiger partial charge in [-0.05, 0) is 12.5 Å². The van der Waals surface area contributed by atoms with Gasteiger partial charge in [0.05, 0.1) is 12.2 Å². The molecular weight excluding hydrogens is 306 g/mol. The maximum atomic E-state index is 12.5. The van der Waals surface area contributed by atoms with Gasteiger partial charge in [0.2, 0.25) is 5.76 Å². The summed E-state index contributed by atoms with van der Waals surface area (Å²) < 4.78 is 11.1. The molecule has 0 saturated heterocycles. The fourth-order valence-corrected chi connectivity index (χ4v) is 2.92. The van der Waals surface area contributed by atoms with E-state index in [-0.39, 0.29) is 5.91 Å². The fraction of sp³-hybridized carbons (Fsp3) is 0.278. The molecule has 3 aromatic rings. The van der Waals surface area contributed by atoms with Crippen LogP contribution in [0.15, 0.2) is 45.6 Å². The second-order valence-corrected chi connectivity index (χ2v) is 5.88. The summed E-state index contributed by atoms with van der Waals surface area (Å²) in [6, 6.07) is 10.1. The molecule has 0 aliphatic carbocycles. The van der Waals surface area contributed by atoms with Gasteiger partial charge in [-0.15, -0.1) is 0 Å². The lowest BCUT2D eigenvalue weighted by Gasteiger charge is -2.24. The van der Waals surface area contributed by atoms with E-state index in [1.165, 1.54) is 6.39 Å². The van der Waals surface area contributed by atoms with Crippen molar-refractivity contribution in [2.24, 2.45) is 0 Å². The molecule has 4 rings (SSSR count). The highest BCUT2D eigenvalue weighted by molar-refractivity contribution is 5.92. The molecule has 0 atom stereocenters. The zero-order chi connectivity index (χ0) is 16.5. The number of benzene rings is 1. The van der Waals surface area contributed by atoms with Crippen LogP contribution in [0, 0.1) is 6.92 Å². The van der Waals surface area contributed by atoms with E-state index in [9.17, 15) is 4.79 Å². The Morgan fingerprint density at radius 1 is 1.29 bits per heavy atom. The molecule has 6 nitrogen and oxygen atoms in total. The van der Waals surface area contributed by atoms with E-state index in [2.05, 4.69) is 9.97 Å². The third-order valence-electron chi connectivity index (χ3n) is 4.20. The minimum atomic E-state index is -0.150. The number of hydrogen-bond donors (Lipinski definition) is 0. The molecular formula is C18H17N3O3. The molecule has 0 N–H and O–H groups in total. The Morgan fingerprint density at radius 2 is 2.12 bits per heavy atom. The summed E-state index contributed by atoms with van der Waals surface area (Å²) in [7, 11) is 0. The summed E-state index contributed by atoms with van der Waals surface area (Å²) in [5.74, 6) is 1.71. The number of amides is 1. The Bertz CT molecular complexity index is 867. The number of carbonyl (C=O) groups excluding carboxylic acids is 1. The predicted molar refractivity (Wildman–Crippen MR) is 85.4 cm³/mol. The third kappa shape index (κ3) is 2.71. The quantitative estimate of drug-likeness (QED) is 0.741. The van der Waals surface area contributed by atoms with Crippen molar-refractivity contribution >= 4 is 5.91 Å². The molecule has 0 unspecified atom stereocenters. The summed E-state index contributed by atoms with van der Waals surface area (Å²) in [5.41, 5.74) is 2.59. The summed E-state index contributed by atoms with van der Waals surface area (Å²) >= 11 is 0. The molecule has 0 saturated carbocycles. The van der Waals surface area contributed by atoms with Gasteiger partial charge in [-0.25, -0.2) is 9.97 Å². The van der Waals surface area contributed by atoms with Crippen LogP contribution >= 0.6 is 0 Å². The van der Waals surface area contributed by atoms with Crippen LogP contribution in [0.4, 0.5) is 0 Å². The van der Waals surface area contributed by atoms with Gasteiger partial charge < -0.3 is 13.7 Å². The number of rotatable bonds is 3. The normalized spacial score (nSPS) is 13.8. The first-order valence-corrected chi connectivity index (χ1v) is 7.91. The Hall–Kier alpha value is -2.89. The summed E-state index contributed by atoms with van der Waals surface area (Å²) in [4.78, 5) is 22.8. The smallest absolute Gasteiger partial charge is 0.291 e. The lowest BCUT2D eigenvalue weighted by atomic mass is 10.1. The number of carbonyl (C=O) groups is 1. The van der Waals surface area contributed by atoms with E-state index >= 15 is 0 Å². The monoisotopic (exact) mass is 323 g/mol. The van der Waals surface area contributed by atoms with E-state index in [1.807, 2.05) is 30.3 Å². The average molecular weight is 323 g/mol. The van der Waals surface area contributed by atoms with E-state index in [0.717, 1.165) is 17.0 Å². The van der Waals surface area contributed by atoms with Crippen molar-refractivity contribution in [3.63, 3.8) is 0 Å². The highest BCUT2D eigenvalue weighted by Crippen LogP contribution is 2.23. The summed E-state index contributed by atoms with van der Waals surface area (Å²) in [6.45, 7) is 2.79. The van der Waals surface area contributed by atoms with Gasteiger partial charge in [-0.3, -0.25) is 4.79 Å². The molecule has 2 aromatic heterocycles. The Balaban J connectivity index is 1.51. The standard InChI is InChI=1S/C18H17N3O3/c1-12-17(23-11-19-12)18(22)21-8-7-15-14(10-21)20-16(24-15)9-13-5-3-2-4-6-13/h2-6,11H,7-10H2,1H3. The second-order valence-electron chi connectivity index (χ2n) is 5.88. The molecule has 3 heterocycles. The molecule has 0 radical (unpaired) electrons. The maximum absolute atomic E-state index is 12.5. The molecule has 0 fully saturated rings. The van der Waals surface area contributed by atoms with Crippen LogP contribution in [0.5, 0.6) is 0 Å². The van der Waals surface area contributed by atoms with Crippen molar-refractivity contribution in [2.45, 2.75) is 26.3 Å². The van der Waals surface area contributed by atoms with Crippen LogP contribution in [0.1, 0.15) is 39.2 Å². The van der Waals surface area contributed by atoms with E-state index in [4.69, 9.17) is 8.83 Å². The first-order chi connectivity index (χ1) is 11.7. The van der Waals surface area contributed by atoms with Crippen LogP contribution < -0.4 is 0 Å². The Kier molecular flexibility index (Phi) is 3.65. The zero-order valence-corrected chi connectivity index (χ0v) is 13.4. The van der Waals surface area contributed by atoms with Gasteiger partial charge in [0, 0.05) is 19.4 Å². The number of aromatic nitrogens is 2. The molecule has 1 aliphatic heterocycles. The topological polar surface area (TPSA) is 72.4 Å². The third-order valence-corrected chi connectivity index (χ3v) is 4.20. The Morgan fingerprint density at radius 3 is 2.88 bits per heavy atom. The van der Waals surface area contributed by atoms with Crippen molar-refractivity contribution in [2.75, 3.05) is 6.54 Å². The molecule has 0 bridgehead atoms. The molecule has 1 aromatic carbocycles. The van der Waals surface area contributed by atoms with Gasteiger partial charge in [-0.2, -0.15) is 0 Å². The molecule has 122 valence electrons. The van der Waals surface area contributed by atoms with Crippen molar-refractivity contribution in [1.82, 2.24) is 14.9 Å². The molecule has 1 aliphatic rings. The van der Waals surface area contributed by atoms with E-state index < -0.39 is 0 Å². The SMILES string of the molecule is Cc1ncoc1C(=O)N1CCc2oc(Cc3ccccc3)nc2C1. The van der Waals surface area contributed by atoms with Crippen molar-refractivity contribution in [3.8, 4) is 0 Å². The van der Waals surface area contributed by atoms with Gasteiger partial charge >= 0.3 is 0 Å². The van der Waals surface area contributed by atoms with E-state index in [1.54, 1.807) is 11.8 Å². The molecule has 0 spiro atoms.